The van der Waals surface area contributed by atoms with Crippen LogP contribution in [0.4, 0.5) is 9.52 Å². The van der Waals surface area contributed by atoms with Crippen molar-refractivity contribution in [3.8, 4) is 0 Å². The first-order chi connectivity index (χ1) is 9.13. The molecule has 1 heterocycles. The molecular formula is C13H15FN2O2S. The minimum absolute atomic E-state index is 0.0713. The molecule has 1 aromatic carbocycles. The Labute approximate surface area is 113 Å². The second-order valence-electron chi connectivity index (χ2n) is 4.90. The summed E-state index contributed by atoms with van der Waals surface area (Å²) in [5, 5.41) is 23.0. The summed E-state index contributed by atoms with van der Waals surface area (Å²) < 4.78 is 14.1. The molecule has 1 aliphatic carbocycles. The molecule has 0 aliphatic heterocycles. The van der Waals surface area contributed by atoms with Crippen LogP contribution in [-0.2, 0) is 0 Å². The monoisotopic (exact) mass is 282 g/mol. The summed E-state index contributed by atoms with van der Waals surface area (Å²) >= 11 is 1.28. The largest absolute Gasteiger partial charge is 0.390 e. The quantitative estimate of drug-likeness (QED) is 0.789. The predicted octanol–water partition coefficient (Wildman–Crippen LogP) is 2.12. The van der Waals surface area contributed by atoms with Gasteiger partial charge in [0.15, 0.2) is 5.13 Å². The van der Waals surface area contributed by atoms with Crippen LogP contribution in [0.5, 0.6) is 0 Å². The molecule has 1 saturated carbocycles. The number of fused-ring (bicyclic) bond motifs is 1. The van der Waals surface area contributed by atoms with E-state index in [0.29, 0.717) is 28.2 Å². The van der Waals surface area contributed by atoms with Gasteiger partial charge >= 0.3 is 0 Å². The molecule has 3 atom stereocenters. The fourth-order valence-corrected chi connectivity index (χ4v) is 3.36. The van der Waals surface area contributed by atoms with Gasteiger partial charge in [-0.2, -0.15) is 0 Å². The van der Waals surface area contributed by atoms with Crippen molar-refractivity contribution in [1.29, 1.82) is 0 Å². The van der Waals surface area contributed by atoms with Gasteiger partial charge in [0, 0.05) is 6.04 Å². The average Bonchev–Trinajstić information content (AvgIpc) is 2.78. The van der Waals surface area contributed by atoms with Gasteiger partial charge in [-0.05, 0) is 31.4 Å². The SMILES string of the molecule is O[C@@H]1CCC(Nc2nc3cccc(F)c3s2)C[C@@H]1O. The van der Waals surface area contributed by atoms with Gasteiger partial charge in [-0.1, -0.05) is 17.4 Å². The maximum Gasteiger partial charge on any atom is 0.184 e. The molecule has 0 saturated heterocycles. The number of anilines is 1. The van der Waals surface area contributed by atoms with E-state index in [9.17, 15) is 14.6 Å². The van der Waals surface area contributed by atoms with Crippen LogP contribution in [-0.4, -0.2) is 33.4 Å². The third kappa shape index (κ3) is 2.56. The third-order valence-electron chi connectivity index (χ3n) is 3.48. The summed E-state index contributed by atoms with van der Waals surface area (Å²) in [6.07, 6.45) is 0.497. The van der Waals surface area contributed by atoms with Gasteiger partial charge in [0.2, 0.25) is 0 Å². The minimum atomic E-state index is -0.697. The molecule has 0 radical (unpaired) electrons. The number of aliphatic hydroxyl groups is 2. The van der Waals surface area contributed by atoms with Crippen LogP contribution >= 0.6 is 11.3 Å². The summed E-state index contributed by atoms with van der Waals surface area (Å²) in [6, 6.07) is 4.91. The van der Waals surface area contributed by atoms with Crippen LogP contribution < -0.4 is 5.32 Å². The van der Waals surface area contributed by atoms with Crippen LogP contribution in [0.3, 0.4) is 0 Å². The van der Waals surface area contributed by atoms with Crippen molar-refractivity contribution >= 4 is 26.7 Å². The first kappa shape index (κ1) is 12.8. The van der Waals surface area contributed by atoms with E-state index in [-0.39, 0.29) is 11.9 Å². The van der Waals surface area contributed by atoms with Gasteiger partial charge in [0.1, 0.15) is 5.82 Å². The van der Waals surface area contributed by atoms with Gasteiger partial charge in [0.25, 0.3) is 0 Å². The second-order valence-corrected chi connectivity index (χ2v) is 5.90. The molecule has 19 heavy (non-hydrogen) atoms. The van der Waals surface area contributed by atoms with Crippen molar-refractivity contribution in [2.45, 2.75) is 37.5 Å². The van der Waals surface area contributed by atoms with E-state index in [2.05, 4.69) is 10.3 Å². The smallest absolute Gasteiger partial charge is 0.184 e. The van der Waals surface area contributed by atoms with E-state index < -0.39 is 12.2 Å². The number of nitrogens with one attached hydrogen (secondary N) is 1. The van der Waals surface area contributed by atoms with Crippen LogP contribution in [0.15, 0.2) is 18.2 Å². The maximum absolute atomic E-state index is 13.6. The fraction of sp³-hybridized carbons (Fsp3) is 0.462. The Morgan fingerprint density at radius 2 is 2.11 bits per heavy atom. The molecule has 0 spiro atoms. The van der Waals surface area contributed by atoms with E-state index in [0.717, 1.165) is 6.42 Å². The molecule has 1 aromatic heterocycles. The van der Waals surface area contributed by atoms with Crippen molar-refractivity contribution in [1.82, 2.24) is 4.98 Å². The molecule has 102 valence electrons. The van der Waals surface area contributed by atoms with Crippen molar-refractivity contribution in [3.63, 3.8) is 0 Å². The van der Waals surface area contributed by atoms with E-state index in [1.165, 1.54) is 17.4 Å². The number of hydrogen-bond donors (Lipinski definition) is 3. The fourth-order valence-electron chi connectivity index (χ4n) is 2.41. The lowest BCUT2D eigenvalue weighted by Crippen LogP contribution is -2.39. The Morgan fingerprint density at radius 3 is 2.84 bits per heavy atom. The summed E-state index contributed by atoms with van der Waals surface area (Å²) in [5.74, 6) is -0.262. The number of benzene rings is 1. The van der Waals surface area contributed by atoms with E-state index in [1.807, 2.05) is 0 Å². The van der Waals surface area contributed by atoms with Crippen LogP contribution in [0, 0.1) is 5.82 Å². The highest BCUT2D eigenvalue weighted by atomic mass is 32.1. The van der Waals surface area contributed by atoms with Gasteiger partial charge in [-0.3, -0.25) is 0 Å². The number of aromatic nitrogens is 1. The van der Waals surface area contributed by atoms with Crippen molar-refractivity contribution in [3.05, 3.63) is 24.0 Å². The molecule has 4 nitrogen and oxygen atoms in total. The highest BCUT2D eigenvalue weighted by Crippen LogP contribution is 2.30. The lowest BCUT2D eigenvalue weighted by Gasteiger charge is -2.30. The van der Waals surface area contributed by atoms with E-state index in [1.54, 1.807) is 12.1 Å². The number of thiazole rings is 1. The zero-order valence-electron chi connectivity index (χ0n) is 10.2. The average molecular weight is 282 g/mol. The minimum Gasteiger partial charge on any atom is -0.390 e. The summed E-state index contributed by atoms with van der Waals surface area (Å²) in [6.45, 7) is 0. The molecule has 3 rings (SSSR count). The summed E-state index contributed by atoms with van der Waals surface area (Å²) in [7, 11) is 0. The van der Waals surface area contributed by atoms with Gasteiger partial charge in [-0.15, -0.1) is 0 Å². The maximum atomic E-state index is 13.6. The summed E-state index contributed by atoms with van der Waals surface area (Å²) in [4.78, 5) is 4.33. The predicted molar refractivity (Wildman–Crippen MR) is 72.9 cm³/mol. The molecule has 3 N–H and O–H groups in total. The molecule has 1 aliphatic rings. The molecule has 1 unspecified atom stereocenters. The second kappa shape index (κ2) is 5.03. The topological polar surface area (TPSA) is 65.4 Å². The van der Waals surface area contributed by atoms with Gasteiger partial charge in [-0.25, -0.2) is 9.37 Å². The van der Waals surface area contributed by atoms with Crippen LogP contribution in [0.2, 0.25) is 0 Å². The number of halogens is 1. The zero-order valence-corrected chi connectivity index (χ0v) is 11.0. The van der Waals surface area contributed by atoms with Crippen molar-refractivity contribution < 1.29 is 14.6 Å². The Morgan fingerprint density at radius 1 is 1.26 bits per heavy atom. The Bertz CT molecular complexity index is 589. The number of hydrogen-bond acceptors (Lipinski definition) is 5. The molecule has 0 bridgehead atoms. The highest BCUT2D eigenvalue weighted by Gasteiger charge is 2.27. The Kier molecular flexibility index (Phi) is 3.38. The van der Waals surface area contributed by atoms with E-state index in [4.69, 9.17) is 0 Å². The van der Waals surface area contributed by atoms with Crippen LogP contribution in [0.25, 0.3) is 10.2 Å². The standard InChI is InChI=1S/C13H15FN2O2S/c14-8-2-1-3-9-12(8)19-13(16-9)15-7-4-5-10(17)11(18)6-7/h1-3,7,10-11,17-18H,4-6H2,(H,15,16)/t7?,10-,11+/m1/s1. The zero-order chi connectivity index (χ0) is 13.4. The van der Waals surface area contributed by atoms with Gasteiger partial charge < -0.3 is 15.5 Å². The summed E-state index contributed by atoms with van der Waals surface area (Å²) in [5.41, 5.74) is 0.642. The van der Waals surface area contributed by atoms with Crippen molar-refractivity contribution in [2.75, 3.05) is 5.32 Å². The molecule has 6 heteroatoms. The third-order valence-corrected chi connectivity index (χ3v) is 4.49. The lowest BCUT2D eigenvalue weighted by atomic mass is 9.91. The first-order valence-electron chi connectivity index (χ1n) is 6.31. The first-order valence-corrected chi connectivity index (χ1v) is 7.13. The highest BCUT2D eigenvalue weighted by molar-refractivity contribution is 7.22. The Hall–Kier alpha value is -1.24. The lowest BCUT2D eigenvalue weighted by molar-refractivity contribution is -0.0119. The number of aliphatic hydroxyl groups excluding tert-OH is 2. The van der Waals surface area contributed by atoms with Crippen LogP contribution in [0.1, 0.15) is 19.3 Å². The Balaban J connectivity index is 1.77. The molecule has 2 aromatic rings. The molecular weight excluding hydrogens is 267 g/mol. The van der Waals surface area contributed by atoms with E-state index >= 15 is 0 Å². The normalized spacial score (nSPS) is 27.6. The van der Waals surface area contributed by atoms with Gasteiger partial charge in [0.05, 0.1) is 22.4 Å². The molecule has 1 fully saturated rings. The van der Waals surface area contributed by atoms with Crippen molar-refractivity contribution in [2.24, 2.45) is 0 Å². The number of nitrogens with zero attached hydrogens (tertiary/aromatic N) is 1. The number of rotatable bonds is 2. The molecule has 0 amide bonds.